The third kappa shape index (κ3) is 4.58. The summed E-state index contributed by atoms with van der Waals surface area (Å²) in [5, 5.41) is 13.6. The number of nitrogens with zero attached hydrogens (tertiary/aromatic N) is 1. The van der Waals surface area contributed by atoms with Crippen LogP contribution in [0.2, 0.25) is 0 Å². The van der Waals surface area contributed by atoms with Crippen molar-refractivity contribution in [1.82, 2.24) is 0 Å². The number of ether oxygens (including phenoxy) is 1. The van der Waals surface area contributed by atoms with E-state index < -0.39 is 7.26 Å². The molecule has 0 radical (unpaired) electrons. The molecule has 168 valence electrons. The summed E-state index contributed by atoms with van der Waals surface area (Å²) in [7, 11) is -2.15. The molecule has 0 atom stereocenters. The summed E-state index contributed by atoms with van der Waals surface area (Å²) in [6.45, 7) is 0. The van der Waals surface area contributed by atoms with Crippen molar-refractivity contribution >= 4 is 35.1 Å². The maximum absolute atomic E-state index is 11.2. The van der Waals surface area contributed by atoms with Crippen LogP contribution in [0.5, 0.6) is 0 Å². The zero-order chi connectivity index (χ0) is 22.7. The maximum atomic E-state index is 11.2. The minimum absolute atomic E-state index is 0. The third-order valence-electron chi connectivity index (χ3n) is 5.65. The Labute approximate surface area is 209 Å². The van der Waals surface area contributed by atoms with Crippen LogP contribution in [-0.4, -0.2) is 4.92 Å². The second kappa shape index (κ2) is 10.2. The minimum Gasteiger partial charge on any atom is -1.00 e. The number of hydrogen-bond donors (Lipinski definition) is 0. The molecule has 4 aromatic rings. The lowest BCUT2D eigenvalue weighted by molar-refractivity contribution is -0.384. The van der Waals surface area contributed by atoms with Crippen LogP contribution in [0.25, 0.3) is 11.5 Å². The Hall–Kier alpha value is -3.53. The van der Waals surface area contributed by atoms with Gasteiger partial charge in [-0.3, -0.25) is 10.1 Å². The van der Waals surface area contributed by atoms with Crippen LogP contribution in [0.3, 0.4) is 0 Å². The van der Waals surface area contributed by atoms with E-state index in [9.17, 15) is 10.1 Å². The summed E-state index contributed by atoms with van der Waals surface area (Å²) in [6, 6.07) is 37.5. The zero-order valence-corrected chi connectivity index (χ0v) is 20.6. The highest BCUT2D eigenvalue weighted by Gasteiger charge is 2.44. The van der Waals surface area contributed by atoms with Gasteiger partial charge in [-0.05, 0) is 36.4 Å². The zero-order valence-electron chi connectivity index (χ0n) is 18.1. The number of nitro benzene ring substituents is 1. The molecule has 34 heavy (non-hydrogen) atoms. The van der Waals surface area contributed by atoms with Gasteiger partial charge in [0.05, 0.1) is 4.92 Å². The van der Waals surface area contributed by atoms with Crippen molar-refractivity contribution in [2.45, 2.75) is 0 Å². The summed E-state index contributed by atoms with van der Waals surface area (Å²) in [4.78, 5) is 10.8. The highest BCUT2D eigenvalue weighted by atomic mass is 79.9. The van der Waals surface area contributed by atoms with Crippen molar-refractivity contribution in [3.05, 3.63) is 148 Å². The minimum atomic E-state index is -2.15. The maximum Gasteiger partial charge on any atom is 0.269 e. The van der Waals surface area contributed by atoms with Gasteiger partial charge in [-0.15, -0.1) is 0 Å². The second-order valence-electron chi connectivity index (χ2n) is 7.71. The van der Waals surface area contributed by atoms with Gasteiger partial charge in [0, 0.05) is 23.3 Å². The normalized spacial score (nSPS) is 14.1. The lowest BCUT2D eigenvalue weighted by Gasteiger charge is -2.27. The molecule has 0 saturated carbocycles. The molecule has 5 rings (SSSR count). The molecule has 6 heteroatoms. The summed E-state index contributed by atoms with van der Waals surface area (Å²) in [5.74, 6) is 5.97. The van der Waals surface area contributed by atoms with Gasteiger partial charge in [0.15, 0.2) is 11.5 Å². The molecule has 0 unspecified atom stereocenters. The number of nitro groups is 1. The molecule has 4 aromatic carbocycles. The van der Waals surface area contributed by atoms with Gasteiger partial charge in [0.25, 0.3) is 5.69 Å². The Morgan fingerprint density at radius 3 is 1.44 bits per heavy atom. The molecule has 0 aromatic heterocycles. The summed E-state index contributed by atoms with van der Waals surface area (Å²) in [5.41, 5.74) is 1.85. The molecule has 0 bridgehead atoms. The van der Waals surface area contributed by atoms with E-state index in [4.69, 9.17) is 4.74 Å². The van der Waals surface area contributed by atoms with Crippen LogP contribution < -0.4 is 27.6 Å². The van der Waals surface area contributed by atoms with Crippen LogP contribution in [0.4, 0.5) is 5.69 Å². The Balaban J connectivity index is 0.00000274. The predicted octanol–water partition coefficient (Wildman–Crippen LogP) is 3.59. The fourth-order valence-electron chi connectivity index (χ4n) is 3.99. The first-order valence-corrected chi connectivity index (χ1v) is 12.5. The Morgan fingerprint density at radius 1 is 0.588 bits per heavy atom. The van der Waals surface area contributed by atoms with E-state index in [0.717, 1.165) is 16.9 Å². The van der Waals surface area contributed by atoms with Crippen LogP contribution in [0, 0.1) is 10.1 Å². The fourth-order valence-corrected chi connectivity index (χ4v) is 7.43. The highest BCUT2D eigenvalue weighted by molar-refractivity contribution is 7.95. The Kier molecular flexibility index (Phi) is 7.06. The molecule has 0 saturated heterocycles. The van der Waals surface area contributed by atoms with Gasteiger partial charge in [-0.25, -0.2) is 0 Å². The van der Waals surface area contributed by atoms with E-state index >= 15 is 0 Å². The Bertz CT molecular complexity index is 1300. The summed E-state index contributed by atoms with van der Waals surface area (Å²) < 4.78 is 6.44. The molecule has 0 aliphatic carbocycles. The van der Waals surface area contributed by atoms with Gasteiger partial charge in [-0.2, -0.15) is 0 Å². The van der Waals surface area contributed by atoms with E-state index in [1.54, 1.807) is 12.1 Å². The van der Waals surface area contributed by atoms with Crippen LogP contribution in [-0.2, 0) is 4.74 Å². The molecule has 0 fully saturated rings. The summed E-state index contributed by atoms with van der Waals surface area (Å²) >= 11 is 0. The van der Waals surface area contributed by atoms with Crippen molar-refractivity contribution in [2.24, 2.45) is 0 Å². The predicted molar refractivity (Wildman–Crippen MR) is 136 cm³/mol. The van der Waals surface area contributed by atoms with E-state index in [1.165, 1.54) is 22.7 Å². The van der Waals surface area contributed by atoms with E-state index in [2.05, 4.69) is 60.2 Å². The first-order chi connectivity index (χ1) is 16.2. The molecule has 0 amide bonds. The number of non-ortho nitro benzene ring substituents is 1. The van der Waals surface area contributed by atoms with Gasteiger partial charge < -0.3 is 21.7 Å². The fraction of sp³-hybridized carbons (Fsp3) is 0. The van der Waals surface area contributed by atoms with Gasteiger partial charge in [-0.1, -0.05) is 66.7 Å². The standard InChI is InChI=1S/C28H21NO3P.BrH/c30-29(31)24-18-16-23(17-19-24)28-21-33(25-12-6-2-7-13-25,26-14-8-3-9-15-26)20-27(32-28)22-10-4-1-5-11-22;/h1-21H;1H/q+1;/p-1. The first-order valence-electron chi connectivity index (χ1n) is 10.6. The molecule has 0 N–H and O–H groups in total. The highest BCUT2D eigenvalue weighted by Crippen LogP contribution is 2.64. The van der Waals surface area contributed by atoms with Crippen molar-refractivity contribution in [3.63, 3.8) is 0 Å². The van der Waals surface area contributed by atoms with E-state index in [0.29, 0.717) is 5.76 Å². The molecule has 1 aliphatic heterocycles. The Morgan fingerprint density at radius 2 is 1.00 bits per heavy atom. The van der Waals surface area contributed by atoms with E-state index in [1.807, 2.05) is 42.5 Å². The topological polar surface area (TPSA) is 52.4 Å². The van der Waals surface area contributed by atoms with Gasteiger partial charge >= 0.3 is 0 Å². The number of hydrogen-bond acceptors (Lipinski definition) is 3. The SMILES string of the molecule is O=[N+]([O-])c1ccc(C2=C[P+](c3ccccc3)(c3ccccc3)C=C(c3ccccc3)O2)cc1.[Br-]. The molecule has 1 aliphatic rings. The lowest BCUT2D eigenvalue weighted by Crippen LogP contribution is -3.00. The van der Waals surface area contributed by atoms with Crippen molar-refractivity contribution in [1.29, 1.82) is 0 Å². The molecular formula is C28H21BrNO3P. The van der Waals surface area contributed by atoms with Gasteiger partial charge in [0.1, 0.15) is 29.5 Å². The molecule has 0 spiro atoms. The quantitative estimate of drug-likeness (QED) is 0.225. The van der Waals surface area contributed by atoms with Crippen molar-refractivity contribution in [3.8, 4) is 0 Å². The van der Waals surface area contributed by atoms with Crippen LogP contribution in [0.15, 0.2) is 127 Å². The molecule has 1 heterocycles. The molecular weight excluding hydrogens is 509 g/mol. The smallest absolute Gasteiger partial charge is 0.269 e. The number of halogens is 1. The largest absolute Gasteiger partial charge is 1.00 e. The van der Waals surface area contributed by atoms with Crippen molar-refractivity contribution < 1.29 is 26.6 Å². The van der Waals surface area contributed by atoms with Crippen LogP contribution in [0.1, 0.15) is 11.1 Å². The number of benzene rings is 4. The van der Waals surface area contributed by atoms with Gasteiger partial charge in [0.2, 0.25) is 0 Å². The average Bonchev–Trinajstić information content (AvgIpc) is 2.90. The lowest BCUT2D eigenvalue weighted by atomic mass is 10.1. The first kappa shape index (κ1) is 23.6. The number of rotatable bonds is 5. The second-order valence-corrected chi connectivity index (χ2v) is 10.8. The van der Waals surface area contributed by atoms with Crippen molar-refractivity contribution in [2.75, 3.05) is 0 Å². The molecule has 4 nitrogen and oxygen atoms in total. The average molecular weight is 530 g/mol. The summed E-state index contributed by atoms with van der Waals surface area (Å²) in [6.07, 6.45) is 0. The van der Waals surface area contributed by atoms with Crippen LogP contribution >= 0.6 is 7.26 Å². The third-order valence-corrected chi connectivity index (χ3v) is 9.24. The monoisotopic (exact) mass is 529 g/mol. The van der Waals surface area contributed by atoms with E-state index in [-0.39, 0.29) is 27.6 Å².